The molecule has 2 unspecified atom stereocenters. The lowest BCUT2D eigenvalue weighted by Crippen LogP contribution is -2.05. The Balaban J connectivity index is 0.000000196. The van der Waals surface area contributed by atoms with Gasteiger partial charge in [-0.25, -0.2) is 0 Å². The summed E-state index contributed by atoms with van der Waals surface area (Å²) in [4.78, 5) is 13.3. The summed E-state index contributed by atoms with van der Waals surface area (Å²) in [6.07, 6.45) is 5.68. The highest BCUT2D eigenvalue weighted by Crippen LogP contribution is 2.44. The van der Waals surface area contributed by atoms with E-state index in [9.17, 15) is 0 Å². The monoisotopic (exact) mass is 644 g/mol. The highest BCUT2D eigenvalue weighted by molar-refractivity contribution is 9.11. The average molecular weight is 646 g/mol. The van der Waals surface area contributed by atoms with Gasteiger partial charge in [-0.2, -0.15) is 0 Å². The van der Waals surface area contributed by atoms with Crippen LogP contribution < -0.4 is 9.47 Å². The summed E-state index contributed by atoms with van der Waals surface area (Å²) in [7, 11) is 1.68. The van der Waals surface area contributed by atoms with E-state index in [-0.39, 0.29) is 12.2 Å². The van der Waals surface area contributed by atoms with Crippen molar-refractivity contribution in [3.8, 4) is 11.5 Å². The average Bonchev–Trinajstić information content (AvgIpc) is 3.48. The molecule has 0 aliphatic carbocycles. The van der Waals surface area contributed by atoms with Crippen molar-refractivity contribution in [3.05, 3.63) is 44.3 Å². The van der Waals surface area contributed by atoms with Gasteiger partial charge in [0.2, 0.25) is 0 Å². The molecule has 0 radical (unpaired) electrons. The number of halogens is 2. The Morgan fingerprint density at radius 1 is 0.857 bits per heavy atom. The first-order chi connectivity index (χ1) is 16.8. The van der Waals surface area contributed by atoms with Crippen LogP contribution in [0.2, 0.25) is 0 Å². The maximum absolute atomic E-state index is 5.77. The van der Waals surface area contributed by atoms with E-state index < -0.39 is 0 Å². The number of oxime groups is 2. The lowest BCUT2D eigenvalue weighted by molar-refractivity contribution is 0.0810. The van der Waals surface area contributed by atoms with Crippen LogP contribution in [0.3, 0.4) is 0 Å². The minimum absolute atomic E-state index is 0.0356. The van der Waals surface area contributed by atoms with Gasteiger partial charge in [-0.3, -0.25) is 0 Å². The minimum Gasteiger partial charge on any atom is -0.495 e. The Labute approximate surface area is 232 Å². The van der Waals surface area contributed by atoms with Crippen molar-refractivity contribution >= 4 is 66.8 Å². The van der Waals surface area contributed by atoms with Crippen molar-refractivity contribution in [1.29, 1.82) is 0 Å². The molecule has 0 aromatic heterocycles. The van der Waals surface area contributed by atoms with Crippen molar-refractivity contribution in [2.75, 3.05) is 26.2 Å². The molecule has 0 spiro atoms. The first-order valence-electron chi connectivity index (χ1n) is 11.1. The Hall–Kier alpha value is -1.36. The minimum atomic E-state index is -0.0371. The van der Waals surface area contributed by atoms with Gasteiger partial charge in [-0.05, 0) is 89.4 Å². The summed E-state index contributed by atoms with van der Waals surface area (Å²) in [5.41, 5.74) is 4.22. The Morgan fingerprint density at radius 3 is 1.69 bits per heavy atom. The molecular weight excluding hydrogens is 616 g/mol. The molecular formula is C25H30Br2N2O4S2. The second-order valence-electron chi connectivity index (χ2n) is 7.87. The molecule has 0 fully saturated rings. The molecule has 2 aromatic rings. The third kappa shape index (κ3) is 6.70. The highest BCUT2D eigenvalue weighted by Gasteiger charge is 2.29. The molecule has 0 bridgehead atoms. The largest absolute Gasteiger partial charge is 0.495 e. The number of thioether (sulfide) groups is 2. The van der Waals surface area contributed by atoms with Crippen LogP contribution in [0.15, 0.2) is 53.3 Å². The summed E-state index contributed by atoms with van der Waals surface area (Å²) in [5.74, 6) is 1.71. The maximum Gasteiger partial charge on any atom is 0.162 e. The number of hydrogen-bond donors (Lipinski definition) is 0. The van der Waals surface area contributed by atoms with Crippen LogP contribution in [-0.4, -0.2) is 37.7 Å². The Kier molecular flexibility index (Phi) is 10.7. The SMILES string of the molecule is CCOc1c(Br)ccc(SC)c1C1CC(C)=NO1.COc1c(Br)ccc(SC)c1C1CC(C)=NO1. The van der Waals surface area contributed by atoms with Gasteiger partial charge >= 0.3 is 0 Å². The van der Waals surface area contributed by atoms with Crippen LogP contribution in [0.4, 0.5) is 0 Å². The van der Waals surface area contributed by atoms with Gasteiger partial charge in [0.05, 0.1) is 45.2 Å². The van der Waals surface area contributed by atoms with Crippen molar-refractivity contribution in [2.24, 2.45) is 10.3 Å². The van der Waals surface area contributed by atoms with E-state index in [1.807, 2.05) is 32.9 Å². The zero-order valence-electron chi connectivity index (χ0n) is 20.7. The number of nitrogens with zero attached hydrogens (tertiary/aromatic N) is 2. The molecule has 10 heteroatoms. The number of benzene rings is 2. The first-order valence-corrected chi connectivity index (χ1v) is 15.2. The van der Waals surface area contributed by atoms with Crippen molar-refractivity contribution in [2.45, 2.75) is 55.6 Å². The normalized spacial score (nSPS) is 18.6. The molecule has 35 heavy (non-hydrogen) atoms. The number of ether oxygens (including phenoxy) is 2. The molecule has 0 amide bonds. The standard InChI is InChI=1S/C13H16BrNO2S.C12H14BrNO2S/c1-4-16-13-9(14)5-6-11(18-3)12(13)10-7-8(2)15-17-10;1-7-6-9(16-14-7)11-10(17-3)5-4-8(13)12(11)15-2/h5-6,10H,4,7H2,1-3H3;4-5,9H,6H2,1-3H3. The molecule has 2 aromatic carbocycles. The zero-order chi connectivity index (χ0) is 25.5. The Bertz CT molecular complexity index is 1110. The number of methoxy groups -OCH3 is 1. The topological polar surface area (TPSA) is 61.6 Å². The van der Waals surface area contributed by atoms with Gasteiger partial charge in [0.1, 0.15) is 11.5 Å². The molecule has 0 saturated heterocycles. The number of hydrogen-bond acceptors (Lipinski definition) is 8. The van der Waals surface area contributed by atoms with Crippen molar-refractivity contribution in [3.63, 3.8) is 0 Å². The summed E-state index contributed by atoms with van der Waals surface area (Å²) in [6, 6.07) is 8.17. The third-order valence-electron chi connectivity index (χ3n) is 5.43. The van der Waals surface area contributed by atoms with Crippen LogP contribution in [-0.2, 0) is 9.68 Å². The van der Waals surface area contributed by atoms with Gasteiger partial charge in [0.25, 0.3) is 0 Å². The van der Waals surface area contributed by atoms with Crippen molar-refractivity contribution in [1.82, 2.24) is 0 Å². The number of rotatable bonds is 7. The molecule has 0 saturated carbocycles. The molecule has 0 N–H and O–H groups in total. The van der Waals surface area contributed by atoms with E-state index in [1.54, 1.807) is 30.6 Å². The van der Waals surface area contributed by atoms with E-state index in [0.717, 1.165) is 55.8 Å². The van der Waals surface area contributed by atoms with E-state index in [2.05, 4.69) is 66.8 Å². The first kappa shape index (κ1) is 28.2. The molecule has 2 atom stereocenters. The zero-order valence-corrected chi connectivity index (χ0v) is 25.5. The summed E-state index contributed by atoms with van der Waals surface area (Å²) in [5, 5.41) is 8.05. The van der Waals surface area contributed by atoms with E-state index in [4.69, 9.17) is 19.1 Å². The summed E-state index contributed by atoms with van der Waals surface area (Å²) < 4.78 is 13.2. The smallest absolute Gasteiger partial charge is 0.162 e. The van der Waals surface area contributed by atoms with Gasteiger partial charge in [-0.15, -0.1) is 23.5 Å². The van der Waals surface area contributed by atoms with E-state index in [1.165, 1.54) is 9.79 Å². The fraction of sp³-hybridized carbons (Fsp3) is 0.440. The highest BCUT2D eigenvalue weighted by atomic mass is 79.9. The molecule has 2 aliphatic rings. The van der Waals surface area contributed by atoms with Crippen LogP contribution in [0.25, 0.3) is 0 Å². The second kappa shape index (κ2) is 13.3. The van der Waals surface area contributed by atoms with Crippen molar-refractivity contribution < 1.29 is 19.1 Å². The molecule has 190 valence electrons. The van der Waals surface area contributed by atoms with Gasteiger partial charge < -0.3 is 19.1 Å². The molecule has 2 heterocycles. The summed E-state index contributed by atoms with van der Waals surface area (Å²) >= 11 is 10.4. The van der Waals surface area contributed by atoms with Crippen LogP contribution in [0, 0.1) is 0 Å². The second-order valence-corrected chi connectivity index (χ2v) is 11.3. The summed E-state index contributed by atoms with van der Waals surface area (Å²) in [6.45, 7) is 6.58. The Morgan fingerprint density at radius 2 is 1.31 bits per heavy atom. The van der Waals surface area contributed by atoms with E-state index in [0.29, 0.717) is 6.61 Å². The quantitative estimate of drug-likeness (QED) is 0.282. The van der Waals surface area contributed by atoms with Gasteiger partial charge in [0.15, 0.2) is 12.2 Å². The molecule has 2 aliphatic heterocycles. The fourth-order valence-corrected chi connectivity index (χ4v) is 6.14. The van der Waals surface area contributed by atoms with Gasteiger partial charge in [0, 0.05) is 22.6 Å². The molecule has 4 rings (SSSR count). The maximum atomic E-state index is 5.77. The van der Waals surface area contributed by atoms with Gasteiger partial charge in [-0.1, -0.05) is 10.3 Å². The van der Waals surface area contributed by atoms with Crippen LogP contribution >= 0.6 is 55.4 Å². The predicted molar refractivity (Wildman–Crippen MR) is 153 cm³/mol. The third-order valence-corrected chi connectivity index (χ3v) is 8.27. The fourth-order valence-electron chi connectivity index (χ4n) is 3.88. The van der Waals surface area contributed by atoms with Crippen LogP contribution in [0.5, 0.6) is 11.5 Å². The predicted octanol–water partition coefficient (Wildman–Crippen LogP) is 8.42. The van der Waals surface area contributed by atoms with E-state index >= 15 is 0 Å². The van der Waals surface area contributed by atoms with Crippen LogP contribution in [0.1, 0.15) is 56.9 Å². The molecule has 6 nitrogen and oxygen atoms in total. The lowest BCUT2D eigenvalue weighted by Gasteiger charge is -2.19. The lowest BCUT2D eigenvalue weighted by atomic mass is 10.0.